The fraction of sp³-hybridized carbons (Fsp3) is 0.308. The van der Waals surface area contributed by atoms with Crippen molar-refractivity contribution in [2.75, 3.05) is 18.5 Å². The highest BCUT2D eigenvalue weighted by Gasteiger charge is 1.98. The third kappa shape index (κ3) is 5.36. The minimum Gasteiger partial charge on any atom is -0.494 e. The van der Waals surface area contributed by atoms with Crippen LogP contribution in [0.1, 0.15) is 13.8 Å². The van der Waals surface area contributed by atoms with Crippen molar-refractivity contribution in [3.63, 3.8) is 0 Å². The number of hydrogen-bond donors (Lipinski definition) is 2. The maximum Gasteiger partial charge on any atom is 0.171 e. The number of rotatable bonds is 5. The van der Waals surface area contributed by atoms with Gasteiger partial charge in [0.25, 0.3) is 0 Å². The second-order valence-electron chi connectivity index (χ2n) is 3.72. The summed E-state index contributed by atoms with van der Waals surface area (Å²) in [7, 11) is 0. The van der Waals surface area contributed by atoms with E-state index in [1.807, 2.05) is 38.1 Å². The van der Waals surface area contributed by atoms with Gasteiger partial charge in [-0.15, -0.1) is 0 Å². The van der Waals surface area contributed by atoms with Crippen LogP contribution in [0.25, 0.3) is 0 Å². The van der Waals surface area contributed by atoms with Crippen molar-refractivity contribution >= 4 is 23.0 Å². The Bertz CT molecular complexity index is 387. The Morgan fingerprint density at radius 2 is 2.00 bits per heavy atom. The Balaban J connectivity index is 2.45. The molecule has 1 aromatic rings. The number of hydrogen-bond acceptors (Lipinski definition) is 2. The number of ether oxygens (including phenoxy) is 1. The molecule has 0 aliphatic heterocycles. The Hall–Kier alpha value is -1.55. The summed E-state index contributed by atoms with van der Waals surface area (Å²) < 4.78 is 5.36. The zero-order chi connectivity index (χ0) is 12.7. The SMILES string of the molecule is C=C(C)CNC(=S)Nc1ccc(OCC)cc1. The fourth-order valence-corrected chi connectivity index (χ4v) is 1.40. The van der Waals surface area contributed by atoms with Gasteiger partial charge in [0.15, 0.2) is 5.11 Å². The van der Waals surface area contributed by atoms with Crippen molar-refractivity contribution in [3.8, 4) is 5.75 Å². The van der Waals surface area contributed by atoms with Crippen LogP contribution < -0.4 is 15.4 Å². The Morgan fingerprint density at radius 3 is 2.53 bits per heavy atom. The van der Waals surface area contributed by atoms with Crippen molar-refractivity contribution in [2.45, 2.75) is 13.8 Å². The average Bonchev–Trinajstić information content (AvgIpc) is 2.29. The van der Waals surface area contributed by atoms with Crippen LogP contribution in [-0.4, -0.2) is 18.3 Å². The average molecular weight is 250 g/mol. The molecule has 0 radical (unpaired) electrons. The second kappa shape index (κ2) is 6.91. The summed E-state index contributed by atoms with van der Waals surface area (Å²) in [5.74, 6) is 0.860. The Labute approximate surface area is 108 Å². The maximum absolute atomic E-state index is 5.36. The van der Waals surface area contributed by atoms with Crippen LogP contribution in [0.2, 0.25) is 0 Å². The van der Waals surface area contributed by atoms with E-state index in [0.717, 1.165) is 17.0 Å². The van der Waals surface area contributed by atoms with Crippen LogP contribution in [0.5, 0.6) is 5.75 Å². The first-order valence-electron chi connectivity index (χ1n) is 5.54. The van der Waals surface area contributed by atoms with E-state index in [0.29, 0.717) is 18.3 Å². The number of thiocarbonyl (C=S) groups is 1. The molecule has 4 heteroatoms. The molecular weight excluding hydrogens is 232 g/mol. The van der Waals surface area contributed by atoms with Crippen LogP contribution in [0.15, 0.2) is 36.4 Å². The topological polar surface area (TPSA) is 33.3 Å². The number of benzene rings is 1. The molecule has 0 heterocycles. The molecule has 0 saturated heterocycles. The lowest BCUT2D eigenvalue weighted by Gasteiger charge is -2.11. The molecule has 0 aromatic heterocycles. The van der Waals surface area contributed by atoms with E-state index in [-0.39, 0.29) is 0 Å². The van der Waals surface area contributed by atoms with Gasteiger partial charge in [0.1, 0.15) is 5.75 Å². The zero-order valence-corrected chi connectivity index (χ0v) is 11.1. The Morgan fingerprint density at radius 1 is 1.35 bits per heavy atom. The predicted octanol–water partition coefficient (Wildman–Crippen LogP) is 2.95. The standard InChI is InChI=1S/C13H18N2OS/c1-4-16-12-7-5-11(6-8-12)15-13(17)14-9-10(2)3/h5-8H,2,4,9H2,1,3H3,(H2,14,15,17). The third-order valence-corrected chi connectivity index (χ3v) is 2.22. The smallest absolute Gasteiger partial charge is 0.171 e. The molecular formula is C13H18N2OS. The van der Waals surface area contributed by atoms with Crippen molar-refractivity contribution in [2.24, 2.45) is 0 Å². The monoisotopic (exact) mass is 250 g/mol. The summed E-state index contributed by atoms with van der Waals surface area (Å²) in [6.07, 6.45) is 0. The first-order chi connectivity index (χ1) is 8.11. The predicted molar refractivity (Wildman–Crippen MR) is 76.6 cm³/mol. The van der Waals surface area contributed by atoms with Gasteiger partial charge in [-0.1, -0.05) is 12.2 Å². The Kier molecular flexibility index (Phi) is 5.49. The molecule has 0 saturated carbocycles. The molecule has 17 heavy (non-hydrogen) atoms. The van der Waals surface area contributed by atoms with Gasteiger partial charge in [-0.25, -0.2) is 0 Å². The summed E-state index contributed by atoms with van der Waals surface area (Å²) >= 11 is 5.14. The van der Waals surface area contributed by atoms with Gasteiger partial charge in [-0.3, -0.25) is 0 Å². The molecule has 92 valence electrons. The van der Waals surface area contributed by atoms with Crippen molar-refractivity contribution in [3.05, 3.63) is 36.4 Å². The van der Waals surface area contributed by atoms with Crippen molar-refractivity contribution in [1.82, 2.24) is 5.32 Å². The quantitative estimate of drug-likeness (QED) is 0.622. The van der Waals surface area contributed by atoms with Gasteiger partial charge in [-0.05, 0) is 50.3 Å². The lowest BCUT2D eigenvalue weighted by atomic mass is 10.3. The van der Waals surface area contributed by atoms with Gasteiger partial charge < -0.3 is 15.4 Å². The van der Waals surface area contributed by atoms with E-state index >= 15 is 0 Å². The molecule has 3 nitrogen and oxygen atoms in total. The van der Waals surface area contributed by atoms with Crippen LogP contribution in [0, 0.1) is 0 Å². The molecule has 1 rings (SSSR count). The molecule has 1 aromatic carbocycles. The first-order valence-corrected chi connectivity index (χ1v) is 5.94. The van der Waals surface area contributed by atoms with Crippen LogP contribution in [0.3, 0.4) is 0 Å². The highest BCUT2D eigenvalue weighted by molar-refractivity contribution is 7.80. The van der Waals surface area contributed by atoms with Crippen LogP contribution in [0.4, 0.5) is 5.69 Å². The van der Waals surface area contributed by atoms with Crippen LogP contribution >= 0.6 is 12.2 Å². The van der Waals surface area contributed by atoms with Crippen molar-refractivity contribution < 1.29 is 4.74 Å². The molecule has 0 spiro atoms. The lowest BCUT2D eigenvalue weighted by molar-refractivity contribution is 0.340. The van der Waals surface area contributed by atoms with E-state index in [9.17, 15) is 0 Å². The summed E-state index contributed by atoms with van der Waals surface area (Å²) in [5.41, 5.74) is 1.98. The number of anilines is 1. The molecule has 0 atom stereocenters. The van der Waals surface area contributed by atoms with E-state index < -0.39 is 0 Å². The molecule has 0 amide bonds. The summed E-state index contributed by atoms with van der Waals surface area (Å²) in [5, 5.41) is 6.74. The van der Waals surface area contributed by atoms with E-state index in [1.165, 1.54) is 0 Å². The fourth-order valence-electron chi connectivity index (χ4n) is 1.21. The molecule has 0 unspecified atom stereocenters. The zero-order valence-electron chi connectivity index (χ0n) is 10.2. The van der Waals surface area contributed by atoms with Crippen molar-refractivity contribution in [1.29, 1.82) is 0 Å². The van der Waals surface area contributed by atoms with Crippen LogP contribution in [-0.2, 0) is 0 Å². The van der Waals surface area contributed by atoms with E-state index in [2.05, 4.69) is 17.2 Å². The second-order valence-corrected chi connectivity index (χ2v) is 4.13. The summed E-state index contributed by atoms with van der Waals surface area (Å²) in [4.78, 5) is 0. The molecule has 0 fully saturated rings. The van der Waals surface area contributed by atoms with Gasteiger partial charge in [0.2, 0.25) is 0 Å². The normalized spacial score (nSPS) is 9.53. The van der Waals surface area contributed by atoms with Gasteiger partial charge >= 0.3 is 0 Å². The molecule has 2 N–H and O–H groups in total. The van der Waals surface area contributed by atoms with Gasteiger partial charge in [0.05, 0.1) is 6.61 Å². The van der Waals surface area contributed by atoms with E-state index in [1.54, 1.807) is 0 Å². The molecule has 0 aliphatic rings. The molecule has 0 aliphatic carbocycles. The minimum atomic E-state index is 0.595. The highest BCUT2D eigenvalue weighted by Crippen LogP contribution is 2.15. The minimum absolute atomic E-state index is 0.595. The summed E-state index contributed by atoms with van der Waals surface area (Å²) in [6, 6.07) is 7.68. The molecule has 0 bridgehead atoms. The number of nitrogens with one attached hydrogen (secondary N) is 2. The maximum atomic E-state index is 5.36. The highest BCUT2D eigenvalue weighted by atomic mass is 32.1. The van der Waals surface area contributed by atoms with Gasteiger partial charge in [0, 0.05) is 12.2 Å². The first kappa shape index (κ1) is 13.5. The van der Waals surface area contributed by atoms with Gasteiger partial charge in [-0.2, -0.15) is 0 Å². The lowest BCUT2D eigenvalue weighted by Crippen LogP contribution is -2.29. The third-order valence-electron chi connectivity index (χ3n) is 1.97. The largest absolute Gasteiger partial charge is 0.494 e. The summed E-state index contributed by atoms with van der Waals surface area (Å²) in [6.45, 7) is 9.07. The van der Waals surface area contributed by atoms with E-state index in [4.69, 9.17) is 17.0 Å².